The Morgan fingerprint density at radius 2 is 1.96 bits per heavy atom. The maximum Gasteiger partial charge on any atom is 0.228 e. The average molecular weight is 382 g/mol. The lowest BCUT2D eigenvalue weighted by molar-refractivity contribution is -0.120. The van der Waals surface area contributed by atoms with E-state index in [9.17, 15) is 9.59 Å². The van der Waals surface area contributed by atoms with Gasteiger partial charge in [0, 0.05) is 25.3 Å². The van der Waals surface area contributed by atoms with Crippen LogP contribution in [0.25, 0.3) is 0 Å². The minimum absolute atomic E-state index is 0.0230. The number of benzene rings is 2. The third kappa shape index (κ3) is 5.57. The quantitative estimate of drug-likeness (QED) is 0.804. The van der Waals surface area contributed by atoms with Crippen molar-refractivity contribution in [1.82, 2.24) is 5.32 Å². The summed E-state index contributed by atoms with van der Waals surface area (Å²) in [6.45, 7) is 2.13. The van der Waals surface area contributed by atoms with Crippen LogP contribution in [0.15, 0.2) is 48.5 Å². The monoisotopic (exact) mass is 382 g/mol. The fraction of sp³-hybridized carbons (Fsp3) is 0.364. The number of carbonyl (C=O) groups excluding carboxylic acids is 2. The molecule has 3 rings (SSSR count). The van der Waals surface area contributed by atoms with E-state index in [1.807, 2.05) is 48.5 Å². The van der Waals surface area contributed by atoms with Gasteiger partial charge >= 0.3 is 0 Å². The van der Waals surface area contributed by atoms with Crippen LogP contribution in [0.3, 0.4) is 0 Å². The Labute approximate surface area is 165 Å². The first kappa shape index (κ1) is 19.9. The van der Waals surface area contributed by atoms with Crippen LogP contribution in [0, 0.1) is 0 Å². The number of anilines is 1. The van der Waals surface area contributed by atoms with E-state index in [4.69, 9.17) is 9.47 Å². The Morgan fingerprint density at radius 1 is 1.18 bits per heavy atom. The number of ether oxygens (including phenoxy) is 2. The molecule has 2 aromatic carbocycles. The van der Waals surface area contributed by atoms with Crippen molar-refractivity contribution < 1.29 is 19.1 Å². The van der Waals surface area contributed by atoms with Gasteiger partial charge in [0.05, 0.1) is 19.6 Å². The zero-order valence-corrected chi connectivity index (χ0v) is 16.2. The molecule has 0 saturated carbocycles. The molecular formula is C22H26N2O4. The SMILES string of the molecule is COc1ccc(CC(=O)Nc2cccc([C@H]3C[C@@H](NC(C)=O)CCO3)c2)cc1. The summed E-state index contributed by atoms with van der Waals surface area (Å²) in [5, 5.41) is 5.91. The summed E-state index contributed by atoms with van der Waals surface area (Å²) in [5.41, 5.74) is 2.65. The Balaban J connectivity index is 1.60. The number of nitrogens with one attached hydrogen (secondary N) is 2. The van der Waals surface area contributed by atoms with Gasteiger partial charge in [0.2, 0.25) is 11.8 Å². The lowest BCUT2D eigenvalue weighted by Crippen LogP contribution is -2.38. The molecule has 6 heteroatoms. The molecular weight excluding hydrogens is 356 g/mol. The maximum atomic E-state index is 12.4. The van der Waals surface area contributed by atoms with E-state index < -0.39 is 0 Å². The predicted octanol–water partition coefficient (Wildman–Crippen LogP) is 3.23. The molecule has 1 fully saturated rings. The molecule has 0 aliphatic carbocycles. The number of amides is 2. The fourth-order valence-electron chi connectivity index (χ4n) is 3.40. The Morgan fingerprint density at radius 3 is 2.68 bits per heavy atom. The Hall–Kier alpha value is -2.86. The third-order valence-corrected chi connectivity index (χ3v) is 4.76. The van der Waals surface area contributed by atoms with Crippen molar-refractivity contribution >= 4 is 17.5 Å². The van der Waals surface area contributed by atoms with Crippen molar-refractivity contribution in [2.24, 2.45) is 0 Å². The van der Waals surface area contributed by atoms with Gasteiger partial charge in [-0.1, -0.05) is 24.3 Å². The van der Waals surface area contributed by atoms with E-state index in [0.717, 1.165) is 35.4 Å². The van der Waals surface area contributed by atoms with Gasteiger partial charge in [-0.25, -0.2) is 0 Å². The van der Waals surface area contributed by atoms with Gasteiger partial charge in [0.15, 0.2) is 0 Å². The fourth-order valence-corrected chi connectivity index (χ4v) is 3.40. The molecule has 0 radical (unpaired) electrons. The van der Waals surface area contributed by atoms with Crippen molar-refractivity contribution in [3.05, 3.63) is 59.7 Å². The van der Waals surface area contributed by atoms with E-state index in [2.05, 4.69) is 10.6 Å². The smallest absolute Gasteiger partial charge is 0.228 e. The van der Waals surface area contributed by atoms with Gasteiger partial charge in [0.25, 0.3) is 0 Å². The average Bonchev–Trinajstić information content (AvgIpc) is 2.68. The molecule has 6 nitrogen and oxygen atoms in total. The zero-order valence-electron chi connectivity index (χ0n) is 16.2. The highest BCUT2D eigenvalue weighted by molar-refractivity contribution is 5.92. The molecule has 1 aliphatic rings. The van der Waals surface area contributed by atoms with Crippen LogP contribution < -0.4 is 15.4 Å². The normalized spacial score (nSPS) is 18.9. The van der Waals surface area contributed by atoms with Gasteiger partial charge in [-0.3, -0.25) is 9.59 Å². The standard InChI is InChI=1S/C22H26N2O4/c1-15(25)23-19-10-11-28-21(14-19)17-4-3-5-18(13-17)24-22(26)12-16-6-8-20(27-2)9-7-16/h3-9,13,19,21H,10-12,14H2,1-2H3,(H,23,25)(H,24,26)/t19-,21+/m0/s1. The number of hydrogen-bond donors (Lipinski definition) is 2. The van der Waals surface area contributed by atoms with Gasteiger partial charge in [-0.05, 0) is 48.2 Å². The number of rotatable bonds is 6. The van der Waals surface area contributed by atoms with Crippen LogP contribution in [-0.4, -0.2) is 31.6 Å². The van der Waals surface area contributed by atoms with E-state index in [0.29, 0.717) is 13.0 Å². The Bertz CT molecular complexity index is 820. The molecule has 0 unspecified atom stereocenters. The zero-order chi connectivity index (χ0) is 19.9. The lowest BCUT2D eigenvalue weighted by Gasteiger charge is -2.30. The van der Waals surface area contributed by atoms with Crippen molar-refractivity contribution in [2.75, 3.05) is 19.0 Å². The first-order valence-electron chi connectivity index (χ1n) is 9.45. The molecule has 2 N–H and O–H groups in total. The van der Waals surface area contributed by atoms with E-state index >= 15 is 0 Å². The molecule has 2 aromatic rings. The van der Waals surface area contributed by atoms with Gasteiger partial charge in [0.1, 0.15) is 5.75 Å². The molecule has 1 heterocycles. The van der Waals surface area contributed by atoms with Crippen molar-refractivity contribution in [3.63, 3.8) is 0 Å². The van der Waals surface area contributed by atoms with Crippen molar-refractivity contribution in [1.29, 1.82) is 0 Å². The minimum atomic E-state index is -0.0935. The van der Waals surface area contributed by atoms with Crippen LogP contribution in [0.4, 0.5) is 5.69 Å². The summed E-state index contributed by atoms with van der Waals surface area (Å²) in [7, 11) is 1.61. The molecule has 2 amide bonds. The van der Waals surface area contributed by atoms with E-state index in [1.54, 1.807) is 7.11 Å². The minimum Gasteiger partial charge on any atom is -0.497 e. The summed E-state index contributed by atoms with van der Waals surface area (Å²) in [5.74, 6) is 0.662. The number of hydrogen-bond acceptors (Lipinski definition) is 4. The van der Waals surface area contributed by atoms with Gasteiger partial charge in [-0.2, -0.15) is 0 Å². The van der Waals surface area contributed by atoms with Gasteiger partial charge < -0.3 is 20.1 Å². The number of carbonyl (C=O) groups is 2. The maximum absolute atomic E-state index is 12.4. The summed E-state index contributed by atoms with van der Waals surface area (Å²) in [6, 6.07) is 15.3. The summed E-state index contributed by atoms with van der Waals surface area (Å²) < 4.78 is 11.0. The molecule has 1 saturated heterocycles. The lowest BCUT2D eigenvalue weighted by atomic mass is 9.97. The molecule has 0 spiro atoms. The summed E-state index contributed by atoms with van der Waals surface area (Å²) in [6.07, 6.45) is 1.74. The second kappa shape index (κ2) is 9.37. The number of methoxy groups -OCH3 is 1. The second-order valence-electron chi connectivity index (χ2n) is 6.98. The van der Waals surface area contributed by atoms with Crippen molar-refractivity contribution in [2.45, 2.75) is 38.3 Å². The summed E-state index contributed by atoms with van der Waals surface area (Å²) in [4.78, 5) is 23.7. The Kier molecular flexibility index (Phi) is 6.66. The second-order valence-corrected chi connectivity index (χ2v) is 6.98. The first-order chi connectivity index (χ1) is 13.5. The molecule has 0 bridgehead atoms. The van der Waals surface area contributed by atoms with Crippen LogP contribution in [0.5, 0.6) is 5.75 Å². The highest BCUT2D eigenvalue weighted by atomic mass is 16.5. The van der Waals surface area contributed by atoms with Gasteiger partial charge in [-0.15, -0.1) is 0 Å². The molecule has 2 atom stereocenters. The van der Waals surface area contributed by atoms with E-state index in [1.165, 1.54) is 6.92 Å². The predicted molar refractivity (Wildman–Crippen MR) is 107 cm³/mol. The van der Waals surface area contributed by atoms with E-state index in [-0.39, 0.29) is 24.0 Å². The van der Waals surface area contributed by atoms with Crippen LogP contribution >= 0.6 is 0 Å². The van der Waals surface area contributed by atoms with Crippen molar-refractivity contribution in [3.8, 4) is 5.75 Å². The molecule has 28 heavy (non-hydrogen) atoms. The molecule has 1 aliphatic heterocycles. The largest absolute Gasteiger partial charge is 0.497 e. The van der Waals surface area contributed by atoms with Crippen LogP contribution in [-0.2, 0) is 20.7 Å². The topological polar surface area (TPSA) is 76.7 Å². The highest BCUT2D eigenvalue weighted by Gasteiger charge is 2.24. The first-order valence-corrected chi connectivity index (χ1v) is 9.45. The highest BCUT2D eigenvalue weighted by Crippen LogP contribution is 2.29. The van der Waals surface area contributed by atoms with Crippen LogP contribution in [0.2, 0.25) is 0 Å². The molecule has 0 aromatic heterocycles. The molecule has 148 valence electrons. The third-order valence-electron chi connectivity index (χ3n) is 4.76. The van der Waals surface area contributed by atoms with Crippen LogP contribution in [0.1, 0.15) is 37.0 Å². The summed E-state index contributed by atoms with van der Waals surface area (Å²) >= 11 is 0.